The van der Waals surface area contributed by atoms with Crippen molar-refractivity contribution < 1.29 is 4.42 Å². The van der Waals surface area contributed by atoms with E-state index in [1.54, 1.807) is 6.20 Å². The van der Waals surface area contributed by atoms with Gasteiger partial charge in [0.15, 0.2) is 5.11 Å². The quantitative estimate of drug-likeness (QED) is 0.608. The van der Waals surface area contributed by atoms with Crippen molar-refractivity contribution in [2.45, 2.75) is 13.5 Å². The summed E-state index contributed by atoms with van der Waals surface area (Å²) in [7, 11) is 0. The zero-order chi connectivity index (χ0) is 16.9. The molecule has 0 saturated carbocycles. The maximum absolute atomic E-state index is 5.83. The number of nitrogens with one attached hydrogen (secondary N) is 2. The topological polar surface area (TPSA) is 50.1 Å². The van der Waals surface area contributed by atoms with Gasteiger partial charge in [0, 0.05) is 11.8 Å². The number of pyridine rings is 1. The third-order valence-electron chi connectivity index (χ3n) is 3.35. The molecular weight excluding hydrogens is 386 g/mol. The molecule has 3 aromatic rings. The van der Waals surface area contributed by atoms with Crippen LogP contribution in [0.1, 0.15) is 11.3 Å². The van der Waals surface area contributed by atoms with Gasteiger partial charge in [-0.15, -0.1) is 0 Å². The maximum atomic E-state index is 5.83. The van der Waals surface area contributed by atoms with Gasteiger partial charge in [-0.1, -0.05) is 30.3 Å². The lowest BCUT2D eigenvalue weighted by atomic mass is 10.2. The molecule has 0 fully saturated rings. The Morgan fingerprint density at radius 3 is 2.75 bits per heavy atom. The molecule has 4 nitrogen and oxygen atoms in total. The van der Waals surface area contributed by atoms with Crippen molar-refractivity contribution in [3.8, 4) is 11.3 Å². The van der Waals surface area contributed by atoms with Crippen LogP contribution in [0.5, 0.6) is 0 Å². The molecule has 0 aliphatic heterocycles. The largest absolute Gasteiger partial charge is 0.459 e. The predicted molar refractivity (Wildman–Crippen MR) is 104 cm³/mol. The van der Waals surface area contributed by atoms with E-state index in [1.165, 1.54) is 0 Å². The minimum atomic E-state index is 0.490. The van der Waals surface area contributed by atoms with Crippen LogP contribution in [0, 0.1) is 6.92 Å². The summed E-state index contributed by atoms with van der Waals surface area (Å²) in [4.78, 5) is 4.31. The highest BCUT2D eigenvalue weighted by Crippen LogP contribution is 2.22. The van der Waals surface area contributed by atoms with Crippen molar-refractivity contribution in [1.82, 2.24) is 10.3 Å². The first-order chi connectivity index (χ1) is 11.6. The molecular formula is C18H16BrN3OS. The zero-order valence-electron chi connectivity index (χ0n) is 13.0. The zero-order valence-corrected chi connectivity index (χ0v) is 15.4. The van der Waals surface area contributed by atoms with Gasteiger partial charge in [-0.2, -0.15) is 0 Å². The monoisotopic (exact) mass is 401 g/mol. The number of aromatic nitrogens is 1. The molecule has 0 radical (unpaired) electrons. The minimum absolute atomic E-state index is 0.490. The molecule has 2 aromatic heterocycles. The van der Waals surface area contributed by atoms with Crippen LogP contribution < -0.4 is 10.6 Å². The molecule has 0 unspecified atom stereocenters. The molecule has 1 aromatic carbocycles. The Morgan fingerprint density at radius 2 is 2.00 bits per heavy atom. The fourth-order valence-electron chi connectivity index (χ4n) is 2.18. The first-order valence-corrected chi connectivity index (χ1v) is 8.63. The van der Waals surface area contributed by atoms with E-state index in [1.807, 2.05) is 55.5 Å². The van der Waals surface area contributed by atoms with Gasteiger partial charge in [-0.3, -0.25) is 0 Å². The van der Waals surface area contributed by atoms with Crippen molar-refractivity contribution in [3.63, 3.8) is 0 Å². The number of hydrogen-bond donors (Lipinski definition) is 2. The predicted octanol–water partition coefficient (Wildman–Crippen LogP) is 4.90. The van der Waals surface area contributed by atoms with E-state index in [4.69, 9.17) is 16.6 Å². The summed E-state index contributed by atoms with van der Waals surface area (Å²) in [6, 6.07) is 15.9. The molecule has 0 atom stereocenters. The number of aryl methyl sites for hydroxylation is 1. The van der Waals surface area contributed by atoms with Gasteiger partial charge in [-0.05, 0) is 58.8 Å². The van der Waals surface area contributed by atoms with Gasteiger partial charge in [0.05, 0.1) is 11.0 Å². The van der Waals surface area contributed by atoms with E-state index < -0.39 is 0 Å². The second kappa shape index (κ2) is 7.59. The van der Waals surface area contributed by atoms with Crippen LogP contribution in [0.25, 0.3) is 11.3 Å². The van der Waals surface area contributed by atoms with Crippen molar-refractivity contribution in [2.75, 3.05) is 5.32 Å². The molecule has 0 spiro atoms. The smallest absolute Gasteiger partial charge is 0.172 e. The van der Waals surface area contributed by atoms with Crippen LogP contribution in [-0.4, -0.2) is 10.1 Å². The summed E-state index contributed by atoms with van der Waals surface area (Å²) in [5.74, 6) is 2.34. The summed E-state index contributed by atoms with van der Waals surface area (Å²) in [5, 5.41) is 6.68. The Bertz CT molecular complexity index is 848. The third-order valence-corrected chi connectivity index (χ3v) is 4.20. The van der Waals surface area contributed by atoms with E-state index in [0.29, 0.717) is 17.5 Å². The standard InChI is InChI=1S/C18H16BrN3OS/c1-12-9-15(19)17(20-10-12)22-18(24)21-11-14-7-8-16(23-14)13-5-3-2-4-6-13/h2-10H,11H2,1H3,(H2,20,21,22,24). The average Bonchev–Trinajstić information content (AvgIpc) is 3.05. The highest BCUT2D eigenvalue weighted by Gasteiger charge is 2.07. The Balaban J connectivity index is 1.58. The SMILES string of the molecule is Cc1cnc(NC(=S)NCc2ccc(-c3ccccc3)o2)c(Br)c1. The molecule has 2 heterocycles. The molecule has 0 aliphatic carbocycles. The van der Waals surface area contributed by atoms with Crippen molar-refractivity contribution in [1.29, 1.82) is 0 Å². The van der Waals surface area contributed by atoms with E-state index in [0.717, 1.165) is 27.1 Å². The van der Waals surface area contributed by atoms with Gasteiger partial charge >= 0.3 is 0 Å². The summed E-state index contributed by atoms with van der Waals surface area (Å²) in [6.45, 7) is 2.49. The second-order valence-electron chi connectivity index (χ2n) is 5.28. The van der Waals surface area contributed by atoms with Crippen LogP contribution in [0.4, 0.5) is 5.82 Å². The van der Waals surface area contributed by atoms with Gasteiger partial charge in [0.1, 0.15) is 17.3 Å². The Labute approximate surface area is 154 Å². The molecule has 3 rings (SSSR count). The first-order valence-electron chi connectivity index (χ1n) is 7.43. The summed E-state index contributed by atoms with van der Waals surface area (Å²) in [6.07, 6.45) is 1.79. The number of benzene rings is 1. The Morgan fingerprint density at radius 1 is 1.21 bits per heavy atom. The number of halogens is 1. The van der Waals surface area contributed by atoms with E-state index in [-0.39, 0.29) is 0 Å². The van der Waals surface area contributed by atoms with Crippen LogP contribution in [-0.2, 0) is 6.54 Å². The summed E-state index contributed by atoms with van der Waals surface area (Å²) in [5.41, 5.74) is 2.13. The molecule has 122 valence electrons. The summed E-state index contributed by atoms with van der Waals surface area (Å²) < 4.78 is 6.71. The lowest BCUT2D eigenvalue weighted by Gasteiger charge is -2.10. The minimum Gasteiger partial charge on any atom is -0.459 e. The lowest BCUT2D eigenvalue weighted by Crippen LogP contribution is -2.28. The van der Waals surface area contributed by atoms with E-state index >= 15 is 0 Å². The first kappa shape index (κ1) is 16.7. The van der Waals surface area contributed by atoms with Crippen LogP contribution in [0.15, 0.2) is 63.6 Å². The molecule has 24 heavy (non-hydrogen) atoms. The van der Waals surface area contributed by atoms with Gasteiger partial charge in [0.25, 0.3) is 0 Å². The lowest BCUT2D eigenvalue weighted by molar-refractivity contribution is 0.516. The third kappa shape index (κ3) is 4.21. The fraction of sp³-hybridized carbons (Fsp3) is 0.111. The van der Waals surface area contributed by atoms with Gasteiger partial charge in [0.2, 0.25) is 0 Å². The number of anilines is 1. The van der Waals surface area contributed by atoms with E-state index in [2.05, 4.69) is 31.5 Å². The number of furan rings is 1. The fourth-order valence-corrected chi connectivity index (χ4v) is 2.91. The summed E-state index contributed by atoms with van der Waals surface area (Å²) >= 11 is 8.77. The molecule has 0 bridgehead atoms. The number of nitrogens with zero attached hydrogens (tertiary/aromatic N) is 1. The highest BCUT2D eigenvalue weighted by molar-refractivity contribution is 9.10. The molecule has 0 amide bonds. The van der Waals surface area contributed by atoms with Crippen LogP contribution in [0.2, 0.25) is 0 Å². The highest BCUT2D eigenvalue weighted by atomic mass is 79.9. The second-order valence-corrected chi connectivity index (χ2v) is 6.55. The van der Waals surface area contributed by atoms with E-state index in [9.17, 15) is 0 Å². The molecule has 2 N–H and O–H groups in total. The van der Waals surface area contributed by atoms with Crippen LogP contribution in [0.3, 0.4) is 0 Å². The normalized spacial score (nSPS) is 10.4. The number of thiocarbonyl (C=S) groups is 1. The molecule has 6 heteroatoms. The Hall–Kier alpha value is -2.18. The van der Waals surface area contributed by atoms with Gasteiger partial charge < -0.3 is 15.1 Å². The number of hydrogen-bond acceptors (Lipinski definition) is 3. The average molecular weight is 402 g/mol. The Kier molecular flexibility index (Phi) is 5.27. The molecule has 0 saturated heterocycles. The molecule has 0 aliphatic rings. The van der Waals surface area contributed by atoms with Gasteiger partial charge in [-0.25, -0.2) is 4.98 Å². The van der Waals surface area contributed by atoms with Crippen LogP contribution >= 0.6 is 28.1 Å². The number of rotatable bonds is 4. The maximum Gasteiger partial charge on any atom is 0.172 e. The van der Waals surface area contributed by atoms with Crippen molar-refractivity contribution in [3.05, 3.63) is 70.5 Å². The van der Waals surface area contributed by atoms with Crippen molar-refractivity contribution >= 4 is 39.1 Å². The van der Waals surface area contributed by atoms with Crippen molar-refractivity contribution in [2.24, 2.45) is 0 Å².